The molecule has 0 aliphatic heterocycles. The SMILES string of the molecule is NS(=O)(=O)c1ccc(CCNC(=O)C[C@H]2C[C@@H]3CC[C@@H]2C3)cc1. The van der Waals surface area contributed by atoms with Crippen molar-refractivity contribution in [2.24, 2.45) is 22.9 Å². The zero-order valence-electron chi connectivity index (χ0n) is 13.2. The maximum absolute atomic E-state index is 12.0. The minimum atomic E-state index is -3.64. The summed E-state index contributed by atoms with van der Waals surface area (Å²) in [4.78, 5) is 12.2. The van der Waals surface area contributed by atoms with Crippen LogP contribution in [-0.4, -0.2) is 20.9 Å². The zero-order valence-corrected chi connectivity index (χ0v) is 14.0. The number of carbonyl (C=O) groups is 1. The third-order valence-corrected chi connectivity index (χ3v) is 6.25. The number of nitrogens with one attached hydrogen (secondary N) is 1. The molecule has 2 fully saturated rings. The molecule has 2 saturated carbocycles. The van der Waals surface area contributed by atoms with Crippen molar-refractivity contribution in [2.75, 3.05) is 6.54 Å². The number of hydrogen-bond acceptors (Lipinski definition) is 3. The zero-order chi connectivity index (χ0) is 16.4. The fraction of sp³-hybridized carbons (Fsp3) is 0.588. The maximum atomic E-state index is 12.0. The Labute approximate surface area is 137 Å². The molecule has 3 rings (SSSR count). The van der Waals surface area contributed by atoms with Crippen molar-refractivity contribution < 1.29 is 13.2 Å². The number of primary sulfonamides is 1. The summed E-state index contributed by atoms with van der Waals surface area (Å²) in [5.41, 5.74) is 0.984. The molecule has 1 aromatic carbocycles. The van der Waals surface area contributed by atoms with Gasteiger partial charge in [-0.25, -0.2) is 13.6 Å². The molecule has 126 valence electrons. The van der Waals surface area contributed by atoms with Crippen molar-refractivity contribution in [1.29, 1.82) is 0 Å². The average Bonchev–Trinajstić information content (AvgIpc) is 3.09. The van der Waals surface area contributed by atoms with E-state index in [1.807, 2.05) is 0 Å². The number of hydrogen-bond donors (Lipinski definition) is 2. The first-order valence-corrected chi connectivity index (χ1v) is 9.85. The molecule has 0 aromatic heterocycles. The van der Waals surface area contributed by atoms with Crippen molar-refractivity contribution in [3.8, 4) is 0 Å². The van der Waals surface area contributed by atoms with Gasteiger partial charge in [-0.3, -0.25) is 4.79 Å². The number of benzene rings is 1. The molecule has 0 saturated heterocycles. The summed E-state index contributed by atoms with van der Waals surface area (Å²) in [6.07, 6.45) is 6.57. The number of fused-ring (bicyclic) bond motifs is 2. The van der Waals surface area contributed by atoms with Crippen LogP contribution in [0.15, 0.2) is 29.2 Å². The third kappa shape index (κ3) is 4.12. The lowest BCUT2D eigenvalue weighted by Crippen LogP contribution is -2.29. The van der Waals surface area contributed by atoms with E-state index < -0.39 is 10.0 Å². The Balaban J connectivity index is 1.41. The Hall–Kier alpha value is -1.40. The largest absolute Gasteiger partial charge is 0.356 e. The smallest absolute Gasteiger partial charge is 0.238 e. The highest BCUT2D eigenvalue weighted by molar-refractivity contribution is 7.89. The van der Waals surface area contributed by atoms with Gasteiger partial charge in [-0.15, -0.1) is 0 Å². The van der Waals surface area contributed by atoms with Crippen LogP contribution in [0.2, 0.25) is 0 Å². The summed E-state index contributed by atoms with van der Waals surface area (Å²) in [6, 6.07) is 6.48. The van der Waals surface area contributed by atoms with Crippen LogP contribution < -0.4 is 10.5 Å². The topological polar surface area (TPSA) is 89.3 Å². The molecular weight excluding hydrogens is 312 g/mol. The first-order valence-electron chi connectivity index (χ1n) is 8.30. The molecule has 3 atom stereocenters. The molecule has 0 unspecified atom stereocenters. The van der Waals surface area contributed by atoms with Crippen LogP contribution in [-0.2, 0) is 21.2 Å². The van der Waals surface area contributed by atoms with Crippen LogP contribution in [0.1, 0.15) is 37.7 Å². The van der Waals surface area contributed by atoms with Gasteiger partial charge in [-0.2, -0.15) is 0 Å². The van der Waals surface area contributed by atoms with E-state index in [1.165, 1.54) is 37.8 Å². The van der Waals surface area contributed by atoms with Crippen LogP contribution in [0.3, 0.4) is 0 Å². The van der Waals surface area contributed by atoms with Gasteiger partial charge in [0.05, 0.1) is 4.90 Å². The number of rotatable bonds is 6. The van der Waals surface area contributed by atoms with Crippen molar-refractivity contribution in [3.63, 3.8) is 0 Å². The predicted molar refractivity (Wildman–Crippen MR) is 88.1 cm³/mol. The van der Waals surface area contributed by atoms with Gasteiger partial charge < -0.3 is 5.32 Å². The molecule has 1 amide bonds. The van der Waals surface area contributed by atoms with Gasteiger partial charge in [-0.05, 0) is 61.1 Å². The first kappa shape index (κ1) is 16.5. The quantitative estimate of drug-likeness (QED) is 0.830. The lowest BCUT2D eigenvalue weighted by atomic mass is 9.86. The fourth-order valence-electron chi connectivity index (χ4n) is 4.13. The Bertz CT molecular complexity index is 670. The molecule has 23 heavy (non-hydrogen) atoms. The molecule has 2 bridgehead atoms. The number of nitrogens with two attached hydrogens (primary N) is 1. The second-order valence-corrected chi connectivity index (χ2v) is 8.49. The lowest BCUT2D eigenvalue weighted by Gasteiger charge is -2.20. The molecule has 2 aliphatic carbocycles. The van der Waals surface area contributed by atoms with Crippen LogP contribution in [0, 0.1) is 17.8 Å². The molecule has 2 aliphatic rings. The van der Waals surface area contributed by atoms with E-state index in [4.69, 9.17) is 5.14 Å². The van der Waals surface area contributed by atoms with Gasteiger partial charge in [0.15, 0.2) is 0 Å². The van der Waals surface area contributed by atoms with Gasteiger partial charge >= 0.3 is 0 Å². The van der Waals surface area contributed by atoms with Crippen LogP contribution in [0.5, 0.6) is 0 Å². The molecule has 0 spiro atoms. The minimum absolute atomic E-state index is 0.113. The first-order chi connectivity index (χ1) is 10.9. The van der Waals surface area contributed by atoms with E-state index in [1.54, 1.807) is 12.1 Å². The van der Waals surface area contributed by atoms with Gasteiger partial charge in [0, 0.05) is 13.0 Å². The monoisotopic (exact) mass is 336 g/mol. The third-order valence-electron chi connectivity index (χ3n) is 5.32. The van der Waals surface area contributed by atoms with Crippen molar-refractivity contribution in [1.82, 2.24) is 5.32 Å². The Kier molecular flexibility index (Phi) is 4.73. The molecule has 3 N–H and O–H groups in total. The van der Waals surface area contributed by atoms with Gasteiger partial charge in [-0.1, -0.05) is 18.6 Å². The highest BCUT2D eigenvalue weighted by Gasteiger charge is 2.39. The molecule has 5 nitrogen and oxygen atoms in total. The molecule has 1 aromatic rings. The van der Waals surface area contributed by atoms with E-state index >= 15 is 0 Å². The Morgan fingerprint density at radius 3 is 2.48 bits per heavy atom. The van der Waals surface area contributed by atoms with E-state index in [9.17, 15) is 13.2 Å². The summed E-state index contributed by atoms with van der Waals surface area (Å²) < 4.78 is 22.4. The minimum Gasteiger partial charge on any atom is -0.356 e. The van der Waals surface area contributed by atoms with Crippen molar-refractivity contribution >= 4 is 15.9 Å². The number of carbonyl (C=O) groups excluding carboxylic acids is 1. The van der Waals surface area contributed by atoms with Crippen LogP contribution in [0.25, 0.3) is 0 Å². The summed E-state index contributed by atoms with van der Waals surface area (Å²) in [5.74, 6) is 2.37. The summed E-state index contributed by atoms with van der Waals surface area (Å²) in [5, 5.41) is 8.05. The number of sulfonamides is 1. The van der Waals surface area contributed by atoms with Crippen LogP contribution >= 0.6 is 0 Å². The van der Waals surface area contributed by atoms with Crippen LogP contribution in [0.4, 0.5) is 0 Å². The normalized spacial score (nSPS) is 26.4. The molecular formula is C17H24N2O3S. The fourth-order valence-corrected chi connectivity index (χ4v) is 4.64. The van der Waals surface area contributed by atoms with E-state index in [0.717, 1.165) is 17.4 Å². The summed E-state index contributed by atoms with van der Waals surface area (Å²) in [6.45, 7) is 0.578. The maximum Gasteiger partial charge on any atom is 0.238 e. The van der Waals surface area contributed by atoms with E-state index in [0.29, 0.717) is 25.3 Å². The van der Waals surface area contributed by atoms with Crippen molar-refractivity contribution in [3.05, 3.63) is 29.8 Å². The second-order valence-electron chi connectivity index (χ2n) is 6.93. The lowest BCUT2D eigenvalue weighted by molar-refractivity contribution is -0.122. The van der Waals surface area contributed by atoms with Crippen molar-refractivity contribution in [2.45, 2.75) is 43.4 Å². The number of amides is 1. The molecule has 0 radical (unpaired) electrons. The summed E-state index contributed by atoms with van der Waals surface area (Å²) >= 11 is 0. The predicted octanol–water partition coefficient (Wildman–Crippen LogP) is 1.82. The van der Waals surface area contributed by atoms with E-state index in [2.05, 4.69) is 5.32 Å². The molecule has 6 heteroatoms. The van der Waals surface area contributed by atoms with Gasteiger partial charge in [0.25, 0.3) is 0 Å². The highest BCUT2D eigenvalue weighted by atomic mass is 32.2. The summed E-state index contributed by atoms with van der Waals surface area (Å²) in [7, 11) is -3.64. The average molecular weight is 336 g/mol. The Morgan fingerprint density at radius 1 is 1.17 bits per heavy atom. The molecule has 0 heterocycles. The Morgan fingerprint density at radius 2 is 1.91 bits per heavy atom. The van der Waals surface area contributed by atoms with Gasteiger partial charge in [0.1, 0.15) is 0 Å². The van der Waals surface area contributed by atoms with Gasteiger partial charge in [0.2, 0.25) is 15.9 Å². The second kappa shape index (κ2) is 6.61. The standard InChI is InChI=1S/C17H24N2O3S/c18-23(21,22)16-5-2-12(3-6-16)7-8-19-17(20)11-15-10-13-1-4-14(15)9-13/h2-3,5-6,13-15H,1,4,7-11H2,(H,19,20)(H2,18,21,22)/t13-,14-,15-/m1/s1. The van der Waals surface area contributed by atoms with E-state index in [-0.39, 0.29) is 10.8 Å². The highest BCUT2D eigenvalue weighted by Crippen LogP contribution is 2.49.